The summed E-state index contributed by atoms with van der Waals surface area (Å²) in [5.74, 6) is -1.03. The number of amides is 1. The zero-order chi connectivity index (χ0) is 17.5. The Kier molecular flexibility index (Phi) is 5.95. The van der Waals surface area contributed by atoms with Gasteiger partial charge in [0.25, 0.3) is 0 Å². The summed E-state index contributed by atoms with van der Waals surface area (Å²) < 4.78 is 5.82. The average Bonchev–Trinajstić information content (AvgIpc) is 2.55. The molecule has 24 heavy (non-hydrogen) atoms. The third kappa shape index (κ3) is 4.35. The van der Waals surface area contributed by atoms with Crippen molar-refractivity contribution in [3.63, 3.8) is 0 Å². The van der Waals surface area contributed by atoms with Crippen molar-refractivity contribution in [1.29, 1.82) is 0 Å². The van der Waals surface area contributed by atoms with Crippen LogP contribution in [-0.4, -0.2) is 23.6 Å². The smallest absolute Gasteiger partial charge is 0.352 e. The van der Waals surface area contributed by atoms with Gasteiger partial charge in [-0.3, -0.25) is 4.79 Å². The van der Waals surface area contributed by atoms with Gasteiger partial charge >= 0.3 is 5.97 Å². The van der Waals surface area contributed by atoms with E-state index in [0.717, 1.165) is 23.6 Å². The van der Waals surface area contributed by atoms with E-state index in [2.05, 4.69) is 12.2 Å². The average molecular weight is 327 g/mol. The molecule has 2 N–H and O–H groups in total. The van der Waals surface area contributed by atoms with E-state index in [1.54, 1.807) is 0 Å². The molecule has 0 saturated heterocycles. The number of carbonyl (C=O) groups excluding carboxylic acids is 1. The number of ether oxygens (including phenoxy) is 1. The summed E-state index contributed by atoms with van der Waals surface area (Å²) in [6.07, 6.45) is 3.37. The molecule has 1 amide bonds. The van der Waals surface area contributed by atoms with Crippen LogP contribution in [0.3, 0.4) is 0 Å². The molecule has 2 aromatic rings. The van der Waals surface area contributed by atoms with Gasteiger partial charge in [0, 0.05) is 12.5 Å². The predicted molar refractivity (Wildman–Crippen MR) is 93.8 cm³/mol. The Morgan fingerprint density at radius 3 is 2.62 bits per heavy atom. The van der Waals surface area contributed by atoms with Crippen LogP contribution in [-0.2, 0) is 9.59 Å². The highest BCUT2D eigenvalue weighted by atomic mass is 16.5. The maximum Gasteiger partial charge on any atom is 0.352 e. The maximum atomic E-state index is 11.4. The number of carboxylic acid groups (broad SMARTS) is 1. The van der Waals surface area contributed by atoms with Gasteiger partial charge in [-0.1, -0.05) is 43.7 Å². The number of hydrogen-bond donors (Lipinski definition) is 2. The van der Waals surface area contributed by atoms with E-state index in [0.29, 0.717) is 17.9 Å². The van der Waals surface area contributed by atoms with Crippen LogP contribution in [0.25, 0.3) is 16.8 Å². The van der Waals surface area contributed by atoms with E-state index in [-0.39, 0.29) is 5.70 Å². The molecule has 0 radical (unpaired) electrons. The number of aliphatic carboxylic acids is 1. The van der Waals surface area contributed by atoms with Crippen LogP contribution in [0.1, 0.15) is 32.3 Å². The minimum atomic E-state index is -1.20. The van der Waals surface area contributed by atoms with Gasteiger partial charge in [-0.25, -0.2) is 4.79 Å². The van der Waals surface area contributed by atoms with Crippen LogP contribution in [0, 0.1) is 0 Å². The SMILES string of the molecule is CCCCOc1ccc2ccccc2c1/C=C(\NC(C)=O)C(=O)O. The molecule has 0 saturated carbocycles. The van der Waals surface area contributed by atoms with Gasteiger partial charge in [0.05, 0.1) is 6.61 Å². The Labute approximate surface area is 140 Å². The van der Waals surface area contributed by atoms with E-state index < -0.39 is 11.9 Å². The molecule has 0 atom stereocenters. The first-order chi connectivity index (χ1) is 11.5. The lowest BCUT2D eigenvalue weighted by molar-refractivity contribution is -0.134. The molecular formula is C19H21NO4. The van der Waals surface area contributed by atoms with E-state index in [9.17, 15) is 14.7 Å². The number of nitrogens with one attached hydrogen (secondary N) is 1. The molecule has 126 valence electrons. The third-order valence-electron chi connectivity index (χ3n) is 3.52. The van der Waals surface area contributed by atoms with Gasteiger partial charge in [0.1, 0.15) is 11.4 Å². The van der Waals surface area contributed by atoms with Crippen LogP contribution in [0.4, 0.5) is 0 Å². The van der Waals surface area contributed by atoms with Crippen molar-refractivity contribution in [2.24, 2.45) is 0 Å². The van der Waals surface area contributed by atoms with Crippen molar-refractivity contribution in [1.82, 2.24) is 5.32 Å². The molecule has 2 aromatic carbocycles. The second kappa shape index (κ2) is 8.15. The normalized spacial score (nSPS) is 11.3. The van der Waals surface area contributed by atoms with Gasteiger partial charge in [-0.15, -0.1) is 0 Å². The highest BCUT2D eigenvalue weighted by Crippen LogP contribution is 2.30. The molecular weight excluding hydrogens is 306 g/mol. The van der Waals surface area contributed by atoms with Gasteiger partial charge in [-0.2, -0.15) is 0 Å². The molecule has 0 unspecified atom stereocenters. The molecule has 2 rings (SSSR count). The first-order valence-corrected chi connectivity index (χ1v) is 7.90. The number of carbonyl (C=O) groups is 2. The second-order valence-corrected chi connectivity index (χ2v) is 5.44. The lowest BCUT2D eigenvalue weighted by Crippen LogP contribution is -2.24. The molecule has 5 nitrogen and oxygen atoms in total. The van der Waals surface area contributed by atoms with Crippen molar-refractivity contribution in [3.8, 4) is 5.75 Å². The molecule has 0 aromatic heterocycles. The van der Waals surface area contributed by atoms with Crippen LogP contribution in [0.5, 0.6) is 5.75 Å². The van der Waals surface area contributed by atoms with Crippen LogP contribution < -0.4 is 10.1 Å². The number of carboxylic acids is 1. The standard InChI is InChI=1S/C19H21NO4/c1-3-4-11-24-18-10-9-14-7-5-6-8-15(14)16(18)12-17(19(22)23)20-13(2)21/h5-10,12H,3-4,11H2,1-2H3,(H,20,21)(H,22,23)/b17-12-. The minimum Gasteiger partial charge on any atom is -0.493 e. The molecule has 5 heteroatoms. The van der Waals surface area contributed by atoms with Gasteiger partial charge < -0.3 is 15.2 Å². The molecule has 0 fully saturated rings. The Hall–Kier alpha value is -2.82. The maximum absolute atomic E-state index is 11.4. The van der Waals surface area contributed by atoms with E-state index in [1.807, 2.05) is 36.4 Å². The highest BCUT2D eigenvalue weighted by Gasteiger charge is 2.13. The van der Waals surface area contributed by atoms with Crippen LogP contribution >= 0.6 is 0 Å². The Morgan fingerprint density at radius 2 is 1.96 bits per heavy atom. The van der Waals surface area contributed by atoms with Crippen molar-refractivity contribution < 1.29 is 19.4 Å². The number of rotatable bonds is 7. The summed E-state index contributed by atoms with van der Waals surface area (Å²) in [4.78, 5) is 22.7. The fraction of sp³-hybridized carbons (Fsp3) is 0.263. The Balaban J connectivity index is 2.56. The summed E-state index contributed by atoms with van der Waals surface area (Å²) in [5.41, 5.74) is 0.467. The predicted octanol–water partition coefficient (Wildman–Crippen LogP) is 3.58. The zero-order valence-corrected chi connectivity index (χ0v) is 13.8. The van der Waals surface area contributed by atoms with E-state index in [1.165, 1.54) is 13.0 Å². The van der Waals surface area contributed by atoms with E-state index >= 15 is 0 Å². The Bertz CT molecular complexity index is 780. The van der Waals surface area contributed by atoms with Gasteiger partial charge in [0.2, 0.25) is 5.91 Å². The number of unbranched alkanes of at least 4 members (excludes halogenated alkanes) is 1. The fourth-order valence-corrected chi connectivity index (χ4v) is 2.36. The van der Waals surface area contributed by atoms with Crippen molar-refractivity contribution in [2.45, 2.75) is 26.7 Å². The first-order valence-electron chi connectivity index (χ1n) is 7.90. The third-order valence-corrected chi connectivity index (χ3v) is 3.52. The quantitative estimate of drug-likeness (QED) is 0.602. The topological polar surface area (TPSA) is 75.6 Å². The molecule has 0 bridgehead atoms. The van der Waals surface area contributed by atoms with Gasteiger partial charge in [-0.05, 0) is 29.3 Å². The molecule has 0 aliphatic heterocycles. The van der Waals surface area contributed by atoms with Crippen LogP contribution in [0.2, 0.25) is 0 Å². The zero-order valence-electron chi connectivity index (χ0n) is 13.8. The van der Waals surface area contributed by atoms with Crippen molar-refractivity contribution in [2.75, 3.05) is 6.61 Å². The molecule has 0 spiro atoms. The van der Waals surface area contributed by atoms with Crippen LogP contribution in [0.15, 0.2) is 42.1 Å². The summed E-state index contributed by atoms with van der Waals surface area (Å²) in [7, 11) is 0. The number of benzene rings is 2. The summed E-state index contributed by atoms with van der Waals surface area (Å²) >= 11 is 0. The summed E-state index contributed by atoms with van der Waals surface area (Å²) in [6, 6.07) is 11.4. The summed E-state index contributed by atoms with van der Waals surface area (Å²) in [5, 5.41) is 13.5. The van der Waals surface area contributed by atoms with Crippen molar-refractivity contribution >= 4 is 28.7 Å². The fourth-order valence-electron chi connectivity index (χ4n) is 2.36. The second-order valence-electron chi connectivity index (χ2n) is 5.44. The molecule has 0 aliphatic rings. The molecule has 0 heterocycles. The monoisotopic (exact) mass is 327 g/mol. The largest absolute Gasteiger partial charge is 0.493 e. The summed E-state index contributed by atoms with van der Waals surface area (Å²) in [6.45, 7) is 3.90. The highest BCUT2D eigenvalue weighted by molar-refractivity contribution is 6.01. The first kappa shape index (κ1) is 17.5. The van der Waals surface area contributed by atoms with E-state index in [4.69, 9.17) is 4.74 Å². The van der Waals surface area contributed by atoms with Crippen molar-refractivity contribution in [3.05, 3.63) is 47.7 Å². The number of hydrogen-bond acceptors (Lipinski definition) is 3. The Morgan fingerprint density at radius 1 is 1.21 bits per heavy atom. The molecule has 0 aliphatic carbocycles. The van der Waals surface area contributed by atoms with Gasteiger partial charge in [0.15, 0.2) is 0 Å². The number of fused-ring (bicyclic) bond motifs is 1. The lowest BCUT2D eigenvalue weighted by atomic mass is 10.0. The minimum absolute atomic E-state index is 0.181. The lowest BCUT2D eigenvalue weighted by Gasteiger charge is -2.13.